The molecule has 2 amide bonds. The largest absolute Gasteiger partial charge is 0.486 e. The minimum atomic E-state index is -4.23. The average molecular weight is 488 g/mol. The number of hydrogen-bond donors (Lipinski definition) is 2. The second-order valence-electron chi connectivity index (χ2n) is 7.52. The molecule has 1 atom stereocenters. The van der Waals surface area contributed by atoms with Gasteiger partial charge in [-0.1, -0.05) is 30.3 Å². The Morgan fingerprint density at radius 1 is 1.03 bits per heavy atom. The van der Waals surface area contributed by atoms with Crippen LogP contribution in [0, 0.1) is 5.82 Å². The highest BCUT2D eigenvalue weighted by atomic mass is 32.2. The summed E-state index contributed by atoms with van der Waals surface area (Å²) in [5.74, 6) is -1.37. The molecular weight excluding hydrogens is 465 g/mol. The summed E-state index contributed by atoms with van der Waals surface area (Å²) in [4.78, 5) is 24.5. The third-order valence-electron chi connectivity index (χ3n) is 5.24. The number of furan rings is 1. The van der Waals surface area contributed by atoms with Crippen molar-refractivity contribution in [2.45, 2.75) is 30.4 Å². The fourth-order valence-corrected chi connectivity index (χ4v) is 5.31. The molecule has 0 spiro atoms. The molecule has 1 aliphatic heterocycles. The molecule has 1 aromatic heterocycles. The molecule has 3 aromatic rings. The zero-order valence-electron chi connectivity index (χ0n) is 17.9. The Kier molecular flexibility index (Phi) is 6.94. The van der Waals surface area contributed by atoms with Crippen molar-refractivity contribution in [1.29, 1.82) is 0 Å². The Morgan fingerprint density at radius 2 is 1.76 bits per heavy atom. The molecule has 178 valence electrons. The molecule has 9 nitrogen and oxygen atoms in total. The van der Waals surface area contributed by atoms with Gasteiger partial charge in [-0.2, -0.15) is 4.31 Å². The zero-order valence-corrected chi connectivity index (χ0v) is 18.8. The molecule has 1 fully saturated rings. The van der Waals surface area contributed by atoms with E-state index in [0.29, 0.717) is 17.9 Å². The first-order chi connectivity index (χ1) is 16.4. The number of ether oxygens (including phenoxy) is 1. The van der Waals surface area contributed by atoms with Crippen molar-refractivity contribution in [1.82, 2.24) is 15.2 Å². The lowest BCUT2D eigenvalue weighted by atomic mass is 10.2. The van der Waals surface area contributed by atoms with Crippen LogP contribution in [0.4, 0.5) is 4.39 Å². The van der Waals surface area contributed by atoms with Crippen molar-refractivity contribution in [2.75, 3.05) is 6.54 Å². The topological polar surface area (TPSA) is 118 Å². The lowest BCUT2D eigenvalue weighted by Crippen LogP contribution is -2.51. The molecule has 1 unspecified atom stereocenters. The van der Waals surface area contributed by atoms with Crippen molar-refractivity contribution in [3.05, 3.63) is 84.1 Å². The first-order valence-corrected chi connectivity index (χ1v) is 11.9. The predicted octanol–water partition coefficient (Wildman–Crippen LogP) is 2.61. The van der Waals surface area contributed by atoms with Crippen molar-refractivity contribution in [3.63, 3.8) is 0 Å². The van der Waals surface area contributed by atoms with Crippen molar-refractivity contribution in [3.8, 4) is 5.75 Å². The highest BCUT2D eigenvalue weighted by Gasteiger charge is 2.40. The number of hydrazine groups is 1. The SMILES string of the molecule is O=C(NNC(=O)C1CCCN1S(=O)(=O)c1ccccc1F)c1ccc(COc2ccccc2)o1. The van der Waals surface area contributed by atoms with Gasteiger partial charge in [-0.15, -0.1) is 0 Å². The van der Waals surface area contributed by atoms with Gasteiger partial charge in [-0.3, -0.25) is 20.4 Å². The van der Waals surface area contributed by atoms with Crippen LogP contribution in [-0.2, 0) is 21.4 Å². The summed E-state index contributed by atoms with van der Waals surface area (Å²) in [5.41, 5.74) is 4.45. The van der Waals surface area contributed by atoms with E-state index < -0.39 is 38.6 Å². The highest BCUT2D eigenvalue weighted by Crippen LogP contribution is 2.27. The molecule has 0 bridgehead atoms. The van der Waals surface area contributed by atoms with Crippen LogP contribution in [0.15, 0.2) is 76.0 Å². The van der Waals surface area contributed by atoms with E-state index in [-0.39, 0.29) is 25.3 Å². The number of nitrogens with one attached hydrogen (secondary N) is 2. The Labute approximate surface area is 195 Å². The number of carbonyl (C=O) groups excluding carboxylic acids is 2. The Morgan fingerprint density at radius 3 is 2.53 bits per heavy atom. The summed E-state index contributed by atoms with van der Waals surface area (Å²) in [5, 5.41) is 0. The summed E-state index contributed by atoms with van der Waals surface area (Å²) in [7, 11) is -4.23. The number of sulfonamides is 1. The van der Waals surface area contributed by atoms with Gasteiger partial charge in [-0.05, 0) is 49.2 Å². The smallest absolute Gasteiger partial charge is 0.305 e. The van der Waals surface area contributed by atoms with E-state index in [2.05, 4.69) is 10.9 Å². The molecule has 2 N–H and O–H groups in total. The maximum absolute atomic E-state index is 14.1. The van der Waals surface area contributed by atoms with Crippen LogP contribution in [0.3, 0.4) is 0 Å². The summed E-state index contributed by atoms with van der Waals surface area (Å²) in [6.07, 6.45) is 0.653. The van der Waals surface area contributed by atoms with Crippen LogP contribution >= 0.6 is 0 Å². The summed E-state index contributed by atoms with van der Waals surface area (Å²) >= 11 is 0. The number of nitrogens with zero attached hydrogens (tertiary/aromatic N) is 1. The van der Waals surface area contributed by atoms with Gasteiger partial charge in [0.05, 0.1) is 0 Å². The Hall–Kier alpha value is -3.70. The highest BCUT2D eigenvalue weighted by molar-refractivity contribution is 7.89. The van der Waals surface area contributed by atoms with Crippen molar-refractivity contribution < 1.29 is 31.6 Å². The monoisotopic (exact) mass is 487 g/mol. The van der Waals surface area contributed by atoms with E-state index in [4.69, 9.17) is 9.15 Å². The van der Waals surface area contributed by atoms with E-state index in [0.717, 1.165) is 16.4 Å². The van der Waals surface area contributed by atoms with E-state index in [9.17, 15) is 22.4 Å². The molecule has 1 aliphatic rings. The Bertz CT molecular complexity index is 1280. The lowest BCUT2D eigenvalue weighted by molar-refractivity contribution is -0.125. The molecule has 0 radical (unpaired) electrons. The normalized spacial score (nSPS) is 16.2. The minimum Gasteiger partial charge on any atom is -0.486 e. The van der Waals surface area contributed by atoms with Crippen LogP contribution in [0.2, 0.25) is 0 Å². The maximum Gasteiger partial charge on any atom is 0.305 e. The number of carbonyl (C=O) groups is 2. The second-order valence-corrected chi connectivity index (χ2v) is 9.37. The summed E-state index contributed by atoms with van der Waals surface area (Å²) in [6.45, 7) is 0.167. The fraction of sp³-hybridized carbons (Fsp3) is 0.217. The van der Waals surface area contributed by atoms with Crippen LogP contribution in [0.1, 0.15) is 29.2 Å². The molecule has 2 aromatic carbocycles. The quantitative estimate of drug-likeness (QED) is 0.495. The standard InChI is InChI=1S/C23H22FN3O6S/c24-18-9-4-5-11-21(18)34(30,31)27-14-6-10-19(27)22(28)25-26-23(29)20-13-12-17(33-20)15-32-16-7-2-1-3-8-16/h1-5,7-9,11-13,19H,6,10,14-15H2,(H,25,28)(H,26,29). The van der Waals surface area contributed by atoms with Crippen molar-refractivity contribution in [2.24, 2.45) is 0 Å². The lowest BCUT2D eigenvalue weighted by Gasteiger charge is -2.23. The van der Waals surface area contributed by atoms with Gasteiger partial charge >= 0.3 is 5.91 Å². The number of benzene rings is 2. The molecule has 0 aliphatic carbocycles. The third-order valence-corrected chi connectivity index (χ3v) is 7.18. The number of rotatable bonds is 7. The van der Waals surface area contributed by atoms with Crippen LogP contribution < -0.4 is 15.6 Å². The van der Waals surface area contributed by atoms with E-state index in [1.165, 1.54) is 18.2 Å². The first-order valence-electron chi connectivity index (χ1n) is 10.5. The van der Waals surface area contributed by atoms with Crippen LogP contribution in [0.25, 0.3) is 0 Å². The average Bonchev–Trinajstić information content (AvgIpc) is 3.52. The van der Waals surface area contributed by atoms with Gasteiger partial charge in [-0.25, -0.2) is 12.8 Å². The van der Waals surface area contributed by atoms with Crippen molar-refractivity contribution >= 4 is 21.8 Å². The number of amides is 2. The summed E-state index contributed by atoms with van der Waals surface area (Å²) < 4.78 is 51.8. The minimum absolute atomic E-state index is 0.0609. The summed E-state index contributed by atoms with van der Waals surface area (Å²) in [6, 6.07) is 16.0. The van der Waals surface area contributed by atoms with Crippen LogP contribution in [0.5, 0.6) is 5.75 Å². The van der Waals surface area contributed by atoms with Gasteiger partial charge in [0.1, 0.15) is 34.9 Å². The van der Waals surface area contributed by atoms with E-state index in [1.54, 1.807) is 18.2 Å². The first kappa shape index (κ1) is 23.5. The molecule has 1 saturated heterocycles. The zero-order chi connectivity index (χ0) is 24.1. The van der Waals surface area contributed by atoms with Gasteiger partial charge < -0.3 is 9.15 Å². The van der Waals surface area contributed by atoms with Gasteiger partial charge in [0.2, 0.25) is 10.0 Å². The third kappa shape index (κ3) is 5.10. The number of para-hydroxylation sites is 1. The predicted molar refractivity (Wildman–Crippen MR) is 118 cm³/mol. The van der Waals surface area contributed by atoms with Crippen LogP contribution in [-0.4, -0.2) is 37.1 Å². The molecule has 0 saturated carbocycles. The van der Waals surface area contributed by atoms with E-state index in [1.807, 2.05) is 18.2 Å². The van der Waals surface area contributed by atoms with Gasteiger partial charge in [0.25, 0.3) is 5.91 Å². The Balaban J connectivity index is 1.34. The number of hydrogen-bond acceptors (Lipinski definition) is 6. The molecule has 4 rings (SSSR count). The second kappa shape index (κ2) is 10.1. The molecular formula is C23H22FN3O6S. The maximum atomic E-state index is 14.1. The molecule has 2 heterocycles. The van der Waals surface area contributed by atoms with E-state index >= 15 is 0 Å². The molecule has 11 heteroatoms. The van der Waals surface area contributed by atoms with Gasteiger partial charge in [0.15, 0.2) is 5.76 Å². The number of halogens is 1. The molecule has 34 heavy (non-hydrogen) atoms. The fourth-order valence-electron chi connectivity index (χ4n) is 3.58. The van der Waals surface area contributed by atoms with Gasteiger partial charge in [0, 0.05) is 6.54 Å².